The van der Waals surface area contributed by atoms with Gasteiger partial charge in [-0.1, -0.05) is 0 Å². The van der Waals surface area contributed by atoms with Crippen molar-refractivity contribution in [1.82, 2.24) is 4.90 Å². The number of aliphatic carboxylic acids is 1. The normalized spacial score (nSPS) is 26.2. The number of nitrogens with zero attached hydrogens (tertiary/aromatic N) is 1. The summed E-state index contributed by atoms with van der Waals surface area (Å²) in [5.74, 6) is -0.0113. The van der Waals surface area contributed by atoms with Gasteiger partial charge in [-0.3, -0.25) is 4.79 Å². The first-order valence-corrected chi connectivity index (χ1v) is 8.39. The third kappa shape index (κ3) is 2.27. The van der Waals surface area contributed by atoms with Crippen molar-refractivity contribution < 1.29 is 14.7 Å². The van der Waals surface area contributed by atoms with E-state index < -0.39 is 12.0 Å². The molecule has 1 aromatic heterocycles. The van der Waals surface area contributed by atoms with Gasteiger partial charge in [0.25, 0.3) is 0 Å². The summed E-state index contributed by atoms with van der Waals surface area (Å²) in [6, 6.07) is 1.38. The van der Waals surface area contributed by atoms with E-state index in [9.17, 15) is 14.7 Å². The molecule has 2 heterocycles. The van der Waals surface area contributed by atoms with E-state index in [1.165, 1.54) is 16.6 Å². The third-order valence-corrected chi connectivity index (χ3v) is 5.81. The van der Waals surface area contributed by atoms with Crippen molar-refractivity contribution in [3.05, 3.63) is 21.9 Å². The van der Waals surface area contributed by atoms with Crippen molar-refractivity contribution in [2.45, 2.75) is 31.2 Å². The second kappa shape index (κ2) is 5.17. The molecule has 2 aliphatic rings. The van der Waals surface area contributed by atoms with Crippen molar-refractivity contribution in [3.63, 3.8) is 0 Å². The van der Waals surface area contributed by atoms with Gasteiger partial charge in [0.2, 0.25) is 5.91 Å². The second-order valence-corrected chi connectivity index (χ2v) is 6.91. The van der Waals surface area contributed by atoms with Crippen LogP contribution in [0.1, 0.15) is 29.2 Å². The minimum Gasteiger partial charge on any atom is -0.480 e. The highest BCUT2D eigenvalue weighted by Gasteiger charge is 2.39. The van der Waals surface area contributed by atoms with Crippen LogP contribution in [0.15, 0.2) is 11.4 Å². The number of carbonyl (C=O) groups is 2. The van der Waals surface area contributed by atoms with Crippen LogP contribution in [0.5, 0.6) is 0 Å². The van der Waals surface area contributed by atoms with Gasteiger partial charge in [0.1, 0.15) is 6.04 Å². The van der Waals surface area contributed by atoms with Gasteiger partial charge >= 0.3 is 5.97 Å². The zero-order valence-corrected chi connectivity index (χ0v) is 12.0. The quantitative estimate of drug-likeness (QED) is 0.909. The average Bonchev–Trinajstić information content (AvgIpc) is 3.05. The molecule has 2 atom stereocenters. The Morgan fingerprint density at radius 1 is 1.42 bits per heavy atom. The van der Waals surface area contributed by atoms with Gasteiger partial charge in [-0.05, 0) is 36.3 Å². The molecule has 1 saturated heterocycles. The summed E-state index contributed by atoms with van der Waals surface area (Å²) in [5.41, 5.74) is 1.13. The average molecular weight is 297 g/mol. The number of aryl methyl sites for hydroxylation is 1. The number of carboxylic acids is 1. The van der Waals surface area contributed by atoms with E-state index in [-0.39, 0.29) is 11.8 Å². The molecule has 102 valence electrons. The number of carbonyl (C=O) groups excluding carboxylic acids is 1. The zero-order valence-electron chi connectivity index (χ0n) is 10.4. The minimum absolute atomic E-state index is 0.00301. The van der Waals surface area contributed by atoms with E-state index in [0.29, 0.717) is 11.6 Å². The van der Waals surface area contributed by atoms with Gasteiger partial charge in [-0.2, -0.15) is 0 Å². The first-order chi connectivity index (χ1) is 9.18. The lowest BCUT2D eigenvalue weighted by molar-refractivity contribution is -0.148. The number of amides is 1. The molecule has 1 aromatic rings. The molecule has 0 aromatic carbocycles. The molecule has 0 spiro atoms. The molecule has 2 unspecified atom stereocenters. The smallest absolute Gasteiger partial charge is 0.327 e. The molecule has 1 amide bonds. The molecule has 6 heteroatoms. The Morgan fingerprint density at radius 3 is 3.05 bits per heavy atom. The van der Waals surface area contributed by atoms with E-state index in [1.807, 2.05) is 11.4 Å². The van der Waals surface area contributed by atoms with Crippen LogP contribution in [0.2, 0.25) is 0 Å². The molecule has 4 nitrogen and oxygen atoms in total. The number of hydrogen-bond acceptors (Lipinski definition) is 4. The Labute approximate surface area is 119 Å². The molecule has 0 saturated carbocycles. The molecule has 1 fully saturated rings. The van der Waals surface area contributed by atoms with E-state index in [4.69, 9.17) is 0 Å². The molecule has 3 rings (SSSR count). The maximum absolute atomic E-state index is 12.6. The molecular weight excluding hydrogens is 282 g/mol. The topological polar surface area (TPSA) is 57.6 Å². The Kier molecular flexibility index (Phi) is 3.54. The number of carboxylic acid groups (broad SMARTS) is 1. The molecule has 0 radical (unpaired) electrons. The Morgan fingerprint density at radius 2 is 2.26 bits per heavy atom. The van der Waals surface area contributed by atoms with E-state index in [0.717, 1.165) is 24.8 Å². The largest absolute Gasteiger partial charge is 0.480 e. The zero-order chi connectivity index (χ0) is 13.4. The summed E-state index contributed by atoms with van der Waals surface area (Å²) in [4.78, 5) is 26.7. The highest BCUT2D eigenvalue weighted by molar-refractivity contribution is 7.99. The van der Waals surface area contributed by atoms with Crippen LogP contribution in [0.4, 0.5) is 0 Å². The fraction of sp³-hybridized carbons (Fsp3) is 0.538. The van der Waals surface area contributed by atoms with Crippen molar-refractivity contribution in [3.8, 4) is 0 Å². The summed E-state index contributed by atoms with van der Waals surface area (Å²) < 4.78 is 0. The van der Waals surface area contributed by atoms with Crippen molar-refractivity contribution in [2.24, 2.45) is 0 Å². The number of rotatable bonds is 2. The predicted octanol–water partition coefficient (Wildman–Crippen LogP) is 2.15. The first kappa shape index (κ1) is 13.0. The summed E-state index contributed by atoms with van der Waals surface area (Å²) >= 11 is 3.23. The second-order valence-electron chi connectivity index (χ2n) is 4.91. The van der Waals surface area contributed by atoms with E-state index in [2.05, 4.69) is 0 Å². The number of fused-ring (bicyclic) bond motifs is 1. The number of hydrogen-bond donors (Lipinski definition) is 1. The minimum atomic E-state index is -0.889. The van der Waals surface area contributed by atoms with Crippen LogP contribution in [0.3, 0.4) is 0 Å². The maximum atomic E-state index is 12.6. The molecule has 19 heavy (non-hydrogen) atoms. The van der Waals surface area contributed by atoms with E-state index >= 15 is 0 Å². The van der Waals surface area contributed by atoms with Crippen LogP contribution in [0.25, 0.3) is 0 Å². The van der Waals surface area contributed by atoms with Gasteiger partial charge in [0.05, 0.1) is 11.8 Å². The lowest BCUT2D eigenvalue weighted by atomic mass is 9.86. The lowest BCUT2D eigenvalue weighted by Crippen LogP contribution is -2.44. The molecule has 1 aliphatic carbocycles. The Hall–Kier alpha value is -1.01. The van der Waals surface area contributed by atoms with E-state index in [1.54, 1.807) is 16.2 Å². The van der Waals surface area contributed by atoms with Gasteiger partial charge in [-0.15, -0.1) is 23.1 Å². The molecular formula is C13H15NO3S2. The predicted molar refractivity (Wildman–Crippen MR) is 75.6 cm³/mol. The van der Waals surface area contributed by atoms with Gasteiger partial charge in [-0.25, -0.2) is 4.79 Å². The monoisotopic (exact) mass is 297 g/mol. The van der Waals surface area contributed by atoms with Crippen LogP contribution in [-0.2, 0) is 16.0 Å². The van der Waals surface area contributed by atoms with Crippen LogP contribution in [-0.4, -0.2) is 39.6 Å². The van der Waals surface area contributed by atoms with Gasteiger partial charge in [0, 0.05) is 10.6 Å². The summed E-state index contributed by atoms with van der Waals surface area (Å²) in [7, 11) is 0. The molecule has 1 aliphatic heterocycles. The third-order valence-electron chi connectivity index (χ3n) is 3.80. The van der Waals surface area contributed by atoms with Gasteiger partial charge < -0.3 is 10.0 Å². The first-order valence-electron chi connectivity index (χ1n) is 6.36. The number of thioether (sulfide) groups is 1. The molecule has 0 bridgehead atoms. The molecule has 1 N–H and O–H groups in total. The van der Waals surface area contributed by atoms with Crippen LogP contribution in [0, 0.1) is 0 Å². The van der Waals surface area contributed by atoms with Crippen molar-refractivity contribution >= 4 is 35.0 Å². The van der Waals surface area contributed by atoms with Crippen LogP contribution < -0.4 is 0 Å². The summed E-state index contributed by atoms with van der Waals surface area (Å²) in [6.07, 6.45) is 2.91. The highest BCUT2D eigenvalue weighted by Crippen LogP contribution is 2.37. The van der Waals surface area contributed by atoms with Crippen LogP contribution >= 0.6 is 23.1 Å². The maximum Gasteiger partial charge on any atom is 0.327 e. The fourth-order valence-corrected chi connectivity index (χ4v) is 4.95. The van der Waals surface area contributed by atoms with Crippen molar-refractivity contribution in [1.29, 1.82) is 0 Å². The SMILES string of the molecule is O=C(O)C1CSCN1C(=O)C1CCCc2sccc21. The summed E-state index contributed by atoms with van der Waals surface area (Å²) in [6.45, 7) is 0. The van der Waals surface area contributed by atoms with Crippen molar-refractivity contribution in [2.75, 3.05) is 11.6 Å². The standard InChI is InChI=1S/C13H15NO3S2/c15-12(14-7-18-6-10(14)13(16)17)9-2-1-3-11-8(9)4-5-19-11/h4-5,9-10H,1-3,6-7H2,(H,16,17). The number of thiophene rings is 1. The fourth-order valence-electron chi connectivity index (χ4n) is 2.81. The Bertz CT molecular complexity index is 514. The Balaban J connectivity index is 1.84. The van der Waals surface area contributed by atoms with Gasteiger partial charge in [0.15, 0.2) is 0 Å². The lowest BCUT2D eigenvalue weighted by Gasteiger charge is -2.28. The summed E-state index contributed by atoms with van der Waals surface area (Å²) in [5, 5.41) is 11.2. The highest BCUT2D eigenvalue weighted by atomic mass is 32.2.